The summed E-state index contributed by atoms with van der Waals surface area (Å²) in [6, 6.07) is 10.6. The van der Waals surface area contributed by atoms with Crippen LogP contribution in [0.1, 0.15) is 31.7 Å². The number of H-pyrrole nitrogens is 1. The van der Waals surface area contributed by atoms with Crippen molar-refractivity contribution in [1.29, 1.82) is 0 Å². The predicted molar refractivity (Wildman–Crippen MR) is 104 cm³/mol. The van der Waals surface area contributed by atoms with Crippen LogP contribution in [0.4, 0.5) is 0 Å². The van der Waals surface area contributed by atoms with Gasteiger partial charge in [-0.05, 0) is 31.7 Å². The Morgan fingerprint density at radius 2 is 1.96 bits per heavy atom. The Labute approximate surface area is 157 Å². The molecule has 8 nitrogen and oxygen atoms in total. The summed E-state index contributed by atoms with van der Waals surface area (Å²) < 4.78 is 1.45. The van der Waals surface area contributed by atoms with Crippen LogP contribution in [0.5, 0.6) is 0 Å². The van der Waals surface area contributed by atoms with Gasteiger partial charge in [0.1, 0.15) is 5.60 Å². The lowest BCUT2D eigenvalue weighted by molar-refractivity contribution is 0.0243. The maximum atomic E-state index is 11.6. The van der Waals surface area contributed by atoms with Crippen molar-refractivity contribution in [3.05, 3.63) is 80.9 Å². The first-order valence-electron chi connectivity index (χ1n) is 8.84. The molecule has 0 aliphatic rings. The van der Waals surface area contributed by atoms with Crippen molar-refractivity contribution in [1.82, 2.24) is 14.6 Å². The highest BCUT2D eigenvalue weighted by Crippen LogP contribution is 2.22. The van der Waals surface area contributed by atoms with E-state index in [2.05, 4.69) is 4.98 Å². The summed E-state index contributed by atoms with van der Waals surface area (Å²) in [4.78, 5) is 24.9. The minimum Gasteiger partial charge on any atom is -0.403 e. The second kappa shape index (κ2) is 9.20. The smallest absolute Gasteiger partial charge is 0.328 e. The van der Waals surface area contributed by atoms with Gasteiger partial charge in [-0.1, -0.05) is 30.3 Å². The molecule has 8 heteroatoms. The third kappa shape index (κ3) is 5.83. The molecule has 0 fully saturated rings. The number of unbranched alkanes of at least 4 members (excludes halogenated alkanes) is 1. The van der Waals surface area contributed by atoms with Crippen LogP contribution in [0.2, 0.25) is 0 Å². The zero-order chi connectivity index (χ0) is 19.9. The summed E-state index contributed by atoms with van der Waals surface area (Å²) in [7, 11) is 0. The predicted octanol–water partition coefficient (Wildman–Crippen LogP) is 0.590. The number of nitrogens with one attached hydrogen (secondary N) is 1. The highest BCUT2D eigenvalue weighted by atomic mass is 16.3. The average Bonchev–Trinajstić information content (AvgIpc) is 2.63. The third-order valence-corrected chi connectivity index (χ3v) is 4.41. The van der Waals surface area contributed by atoms with Crippen molar-refractivity contribution in [2.24, 2.45) is 11.6 Å². The lowest BCUT2D eigenvalue weighted by Gasteiger charge is -2.31. The number of benzene rings is 1. The van der Waals surface area contributed by atoms with E-state index in [9.17, 15) is 14.7 Å². The van der Waals surface area contributed by atoms with Crippen molar-refractivity contribution in [2.75, 3.05) is 6.54 Å². The highest BCUT2D eigenvalue weighted by Gasteiger charge is 2.25. The summed E-state index contributed by atoms with van der Waals surface area (Å²) in [5.41, 5.74) is 5.24. The second-order valence-corrected chi connectivity index (χ2v) is 6.69. The Morgan fingerprint density at radius 3 is 2.59 bits per heavy atom. The molecule has 1 atom stereocenters. The summed E-state index contributed by atoms with van der Waals surface area (Å²) in [6.45, 7) is 2.39. The number of nitrogens with zero attached hydrogens (tertiary/aromatic N) is 2. The molecule has 0 bridgehead atoms. The molecule has 0 spiro atoms. The monoisotopic (exact) mass is 373 g/mol. The van der Waals surface area contributed by atoms with Crippen molar-refractivity contribution < 1.29 is 5.11 Å². The van der Waals surface area contributed by atoms with Gasteiger partial charge in [-0.3, -0.25) is 9.78 Å². The largest absolute Gasteiger partial charge is 0.403 e. The normalized spacial score (nSPS) is 14.0. The van der Waals surface area contributed by atoms with E-state index >= 15 is 0 Å². The van der Waals surface area contributed by atoms with E-state index in [0.29, 0.717) is 25.1 Å². The van der Waals surface area contributed by atoms with Crippen LogP contribution in [-0.4, -0.2) is 26.2 Å². The van der Waals surface area contributed by atoms with Gasteiger partial charge < -0.3 is 20.4 Å². The number of aromatic nitrogens is 2. The minimum absolute atomic E-state index is 0.194. The van der Waals surface area contributed by atoms with Gasteiger partial charge in [-0.15, -0.1) is 0 Å². The molecule has 1 aromatic carbocycles. The fraction of sp³-hybridized carbons (Fsp3) is 0.368. The fourth-order valence-electron chi connectivity index (χ4n) is 2.85. The molecule has 0 radical (unpaired) electrons. The van der Waals surface area contributed by atoms with Crippen LogP contribution in [-0.2, 0) is 12.1 Å². The zero-order valence-electron chi connectivity index (χ0n) is 15.5. The van der Waals surface area contributed by atoms with E-state index in [0.717, 1.165) is 12.0 Å². The summed E-state index contributed by atoms with van der Waals surface area (Å²) in [6.07, 6.45) is 4.98. The summed E-state index contributed by atoms with van der Waals surface area (Å²) in [5, 5.41) is 12.2. The van der Waals surface area contributed by atoms with Gasteiger partial charge in [0.2, 0.25) is 0 Å². The van der Waals surface area contributed by atoms with Crippen LogP contribution < -0.4 is 22.8 Å². The second-order valence-electron chi connectivity index (χ2n) is 6.69. The van der Waals surface area contributed by atoms with E-state index in [-0.39, 0.29) is 6.54 Å². The Kier molecular flexibility index (Phi) is 6.98. The zero-order valence-corrected chi connectivity index (χ0v) is 15.5. The quantitative estimate of drug-likeness (QED) is 0.289. The standard InChI is InChI=1S/C19H27N5O3/c1-19(27,15-7-3-2-4-8-15)14-24(21)16(13-20)9-5-6-11-23-12-10-17(25)22-18(23)26/h2-4,7-8,10,12-13,27H,5-6,9,11,14,20-21H2,1H3,(H,22,25,26)/b16-13-/t19-/m1/s1. The molecule has 0 amide bonds. The number of aryl methyl sites for hydroxylation is 1. The Hall–Kier alpha value is -2.84. The number of hydrogen-bond acceptors (Lipinski definition) is 6. The van der Waals surface area contributed by atoms with Crippen LogP contribution in [0.3, 0.4) is 0 Å². The number of aromatic amines is 1. The Bertz CT molecular complexity index is 871. The van der Waals surface area contributed by atoms with E-state index in [1.54, 1.807) is 6.92 Å². The molecule has 1 heterocycles. The molecule has 0 aliphatic heterocycles. The van der Waals surface area contributed by atoms with E-state index in [4.69, 9.17) is 11.6 Å². The molecular weight excluding hydrogens is 346 g/mol. The van der Waals surface area contributed by atoms with E-state index in [1.165, 1.54) is 28.0 Å². The molecule has 0 saturated carbocycles. The van der Waals surface area contributed by atoms with Gasteiger partial charge >= 0.3 is 5.69 Å². The number of nitrogens with two attached hydrogens (primary N) is 2. The molecule has 1 aromatic heterocycles. The van der Waals surface area contributed by atoms with E-state index in [1.807, 2.05) is 30.3 Å². The number of allylic oxidation sites excluding steroid dienone is 1. The van der Waals surface area contributed by atoms with Gasteiger partial charge in [-0.2, -0.15) is 0 Å². The van der Waals surface area contributed by atoms with Gasteiger partial charge in [-0.25, -0.2) is 10.6 Å². The molecule has 2 aromatic rings. The molecule has 0 unspecified atom stereocenters. The van der Waals surface area contributed by atoms with Crippen LogP contribution in [0.15, 0.2) is 64.1 Å². The molecule has 2 rings (SSSR count). The van der Waals surface area contributed by atoms with E-state index < -0.39 is 16.9 Å². The number of hydrazine groups is 1. The fourth-order valence-corrected chi connectivity index (χ4v) is 2.85. The first-order chi connectivity index (χ1) is 12.8. The number of rotatable bonds is 9. The van der Waals surface area contributed by atoms with Crippen molar-refractivity contribution in [2.45, 2.75) is 38.3 Å². The molecule has 6 N–H and O–H groups in total. The molecule has 0 aliphatic carbocycles. The van der Waals surface area contributed by atoms with Crippen molar-refractivity contribution in [3.63, 3.8) is 0 Å². The molecule has 27 heavy (non-hydrogen) atoms. The van der Waals surface area contributed by atoms with Crippen LogP contribution >= 0.6 is 0 Å². The first kappa shape index (κ1) is 20.5. The molecule has 146 valence electrons. The highest BCUT2D eigenvalue weighted by molar-refractivity contribution is 5.22. The third-order valence-electron chi connectivity index (χ3n) is 4.41. The van der Waals surface area contributed by atoms with Crippen molar-refractivity contribution in [3.8, 4) is 0 Å². The maximum absolute atomic E-state index is 11.6. The van der Waals surface area contributed by atoms with Crippen LogP contribution in [0.25, 0.3) is 0 Å². The van der Waals surface area contributed by atoms with Crippen molar-refractivity contribution >= 4 is 0 Å². The van der Waals surface area contributed by atoms with Gasteiger partial charge in [0.05, 0.1) is 6.54 Å². The maximum Gasteiger partial charge on any atom is 0.328 e. The lowest BCUT2D eigenvalue weighted by atomic mass is 9.95. The SMILES string of the molecule is C[C@@](O)(CN(N)/C(=C\N)CCCCn1ccc(=O)[nH]c1=O)c1ccccc1. The number of aliphatic hydroxyl groups is 1. The first-order valence-corrected chi connectivity index (χ1v) is 8.84. The Morgan fingerprint density at radius 1 is 1.26 bits per heavy atom. The minimum atomic E-state index is -1.12. The van der Waals surface area contributed by atoms with Gasteiger partial charge in [0.25, 0.3) is 5.56 Å². The van der Waals surface area contributed by atoms with Gasteiger partial charge in [0, 0.05) is 30.7 Å². The molecule has 0 saturated heterocycles. The van der Waals surface area contributed by atoms with Gasteiger partial charge in [0.15, 0.2) is 0 Å². The average molecular weight is 373 g/mol. The topological polar surface area (TPSA) is 130 Å². The Balaban J connectivity index is 1.87. The number of hydrogen-bond donors (Lipinski definition) is 4. The summed E-state index contributed by atoms with van der Waals surface area (Å²) in [5.74, 6) is 6.12. The lowest BCUT2D eigenvalue weighted by Crippen LogP contribution is -2.42. The molecular formula is C19H27N5O3. The van der Waals surface area contributed by atoms with Crippen LogP contribution in [0, 0.1) is 0 Å². The summed E-state index contributed by atoms with van der Waals surface area (Å²) >= 11 is 0.